The Morgan fingerprint density at radius 3 is 2.38 bits per heavy atom. The van der Waals surface area contributed by atoms with Gasteiger partial charge in [0.2, 0.25) is 0 Å². The van der Waals surface area contributed by atoms with Crippen molar-refractivity contribution in [3.05, 3.63) is 63.6 Å². The fourth-order valence-electron chi connectivity index (χ4n) is 2.13. The number of rotatable bonds is 4. The molecule has 2 aromatic carbocycles. The second-order valence-electron chi connectivity index (χ2n) is 5.29. The van der Waals surface area contributed by atoms with Gasteiger partial charge in [-0.25, -0.2) is 4.79 Å². The molecular weight excluding hydrogens is 401 g/mol. The number of halogens is 2. The van der Waals surface area contributed by atoms with Gasteiger partial charge in [0.05, 0.1) is 16.3 Å². The quantitative estimate of drug-likeness (QED) is 0.430. The minimum Gasteiger partial charge on any atom is -0.377 e. The molecule has 0 saturated carbocycles. The van der Waals surface area contributed by atoms with Crippen molar-refractivity contribution in [2.75, 3.05) is 0 Å². The average Bonchev–Trinajstić information content (AvgIpc) is 2.89. The molecule has 0 atom stereocenters. The van der Waals surface area contributed by atoms with Crippen molar-refractivity contribution in [1.82, 2.24) is 0 Å². The molecule has 0 amide bonds. The van der Waals surface area contributed by atoms with E-state index in [4.69, 9.17) is 27.4 Å². The Hall–Kier alpha value is -2.35. The van der Waals surface area contributed by atoms with Crippen LogP contribution < -0.4 is 4.18 Å². The molecule has 1 aliphatic rings. The van der Waals surface area contributed by atoms with E-state index in [1.54, 1.807) is 13.0 Å². The molecule has 134 valence electrons. The van der Waals surface area contributed by atoms with Gasteiger partial charge in [-0.15, -0.1) is 0 Å². The summed E-state index contributed by atoms with van der Waals surface area (Å²) < 4.78 is 29.7. The highest BCUT2D eigenvalue weighted by molar-refractivity contribution is 7.87. The monoisotopic (exact) mass is 411 g/mol. The van der Waals surface area contributed by atoms with E-state index in [9.17, 15) is 13.2 Å². The summed E-state index contributed by atoms with van der Waals surface area (Å²) in [6, 6.07) is 9.98. The first-order valence-corrected chi connectivity index (χ1v) is 9.40. The van der Waals surface area contributed by atoms with E-state index < -0.39 is 16.1 Å². The minimum atomic E-state index is -4.06. The van der Waals surface area contributed by atoms with Crippen LogP contribution in [0.15, 0.2) is 58.1 Å². The van der Waals surface area contributed by atoms with Crippen LogP contribution in [0.2, 0.25) is 10.0 Å². The van der Waals surface area contributed by atoms with Crippen LogP contribution in [0.5, 0.6) is 5.75 Å². The Balaban J connectivity index is 1.86. The topological polar surface area (TPSA) is 82.0 Å². The number of benzene rings is 2. The van der Waals surface area contributed by atoms with Gasteiger partial charge >= 0.3 is 16.1 Å². The normalized spacial score (nSPS) is 15.7. The summed E-state index contributed by atoms with van der Waals surface area (Å²) in [6.07, 6.45) is 1.54. The van der Waals surface area contributed by atoms with E-state index in [0.717, 1.165) is 0 Å². The zero-order valence-electron chi connectivity index (χ0n) is 13.3. The van der Waals surface area contributed by atoms with Crippen LogP contribution in [0.3, 0.4) is 0 Å². The van der Waals surface area contributed by atoms with Gasteiger partial charge in [-0.3, -0.25) is 0 Å². The van der Waals surface area contributed by atoms with E-state index in [-0.39, 0.29) is 15.7 Å². The van der Waals surface area contributed by atoms with Crippen molar-refractivity contribution in [3.8, 4) is 5.75 Å². The second-order valence-corrected chi connectivity index (χ2v) is 7.68. The summed E-state index contributed by atoms with van der Waals surface area (Å²) >= 11 is 11.9. The Morgan fingerprint density at radius 2 is 1.81 bits per heavy atom. The molecule has 0 spiro atoms. The first-order chi connectivity index (χ1) is 12.3. The standard InChI is InChI=1S/C17H11Cl2NO5S/c1-10-14(17(21)24-20-10)8-11-2-7-16(15(19)9-11)25-26(22,23)13-5-3-12(18)4-6-13/h2-9H,1H3/b14-8-. The maximum absolute atomic E-state index is 12.3. The number of oxime groups is 1. The lowest BCUT2D eigenvalue weighted by molar-refractivity contribution is -0.136. The number of hydrogen-bond acceptors (Lipinski definition) is 6. The molecule has 0 bridgehead atoms. The molecule has 9 heteroatoms. The van der Waals surface area contributed by atoms with Crippen molar-refractivity contribution in [3.63, 3.8) is 0 Å². The van der Waals surface area contributed by atoms with E-state index in [0.29, 0.717) is 21.9 Å². The SMILES string of the molecule is CC1=NOC(=O)/C1=C\c1ccc(OS(=O)(=O)c2ccc(Cl)cc2)c(Cl)c1. The van der Waals surface area contributed by atoms with Crippen LogP contribution in [0, 0.1) is 0 Å². The smallest absolute Gasteiger partial charge is 0.367 e. The van der Waals surface area contributed by atoms with Gasteiger partial charge in [-0.2, -0.15) is 8.42 Å². The van der Waals surface area contributed by atoms with Crippen LogP contribution >= 0.6 is 23.2 Å². The fraction of sp³-hybridized carbons (Fsp3) is 0.0588. The van der Waals surface area contributed by atoms with Crippen LogP contribution in [0.4, 0.5) is 0 Å². The summed E-state index contributed by atoms with van der Waals surface area (Å²) in [7, 11) is -4.06. The van der Waals surface area contributed by atoms with Gasteiger partial charge in [0.1, 0.15) is 4.90 Å². The molecule has 3 rings (SSSR count). The Morgan fingerprint density at radius 1 is 1.12 bits per heavy atom. The van der Waals surface area contributed by atoms with E-state index in [1.807, 2.05) is 0 Å². The second kappa shape index (κ2) is 7.11. The van der Waals surface area contributed by atoms with Gasteiger partial charge in [-0.1, -0.05) is 34.4 Å². The van der Waals surface area contributed by atoms with Gasteiger partial charge in [0, 0.05) is 5.02 Å². The van der Waals surface area contributed by atoms with Gasteiger partial charge in [0.15, 0.2) is 5.75 Å². The molecule has 0 aliphatic carbocycles. The molecule has 1 aliphatic heterocycles. The first kappa shape index (κ1) is 18.4. The van der Waals surface area contributed by atoms with Crippen LogP contribution in [-0.4, -0.2) is 20.1 Å². The average molecular weight is 412 g/mol. The summed E-state index contributed by atoms with van der Waals surface area (Å²) in [5.41, 5.74) is 1.30. The van der Waals surface area contributed by atoms with Gasteiger partial charge < -0.3 is 9.02 Å². The van der Waals surface area contributed by atoms with Crippen molar-refractivity contribution >= 4 is 51.1 Å². The lowest BCUT2D eigenvalue weighted by Gasteiger charge is -2.09. The Kier molecular flexibility index (Phi) is 5.04. The Bertz CT molecular complexity index is 1040. The number of hydrogen-bond donors (Lipinski definition) is 0. The largest absolute Gasteiger partial charge is 0.377 e. The minimum absolute atomic E-state index is 0.0387. The van der Waals surface area contributed by atoms with Gasteiger partial charge in [0.25, 0.3) is 0 Å². The third kappa shape index (κ3) is 3.90. The van der Waals surface area contributed by atoms with Crippen molar-refractivity contribution in [2.24, 2.45) is 5.16 Å². The predicted octanol–water partition coefficient (Wildman–Crippen LogP) is 4.08. The number of carbonyl (C=O) groups is 1. The maximum Gasteiger partial charge on any atom is 0.367 e. The molecule has 2 aromatic rings. The molecule has 26 heavy (non-hydrogen) atoms. The molecule has 0 radical (unpaired) electrons. The molecule has 1 heterocycles. The highest BCUT2D eigenvalue weighted by atomic mass is 35.5. The highest BCUT2D eigenvalue weighted by Crippen LogP contribution is 2.30. The highest BCUT2D eigenvalue weighted by Gasteiger charge is 2.22. The van der Waals surface area contributed by atoms with E-state index in [1.165, 1.54) is 42.5 Å². The molecule has 0 aromatic heterocycles. The number of nitrogens with zero attached hydrogens (tertiary/aromatic N) is 1. The van der Waals surface area contributed by atoms with Crippen molar-refractivity contribution < 1.29 is 22.2 Å². The molecule has 0 saturated heterocycles. The molecule has 6 nitrogen and oxygen atoms in total. The number of carbonyl (C=O) groups excluding carboxylic acids is 1. The molecular formula is C17H11Cl2NO5S. The summed E-state index contributed by atoms with van der Waals surface area (Å²) in [5.74, 6) is -0.604. The lowest BCUT2D eigenvalue weighted by atomic mass is 10.1. The Labute approximate surface area is 159 Å². The summed E-state index contributed by atoms with van der Waals surface area (Å²) in [5, 5.41) is 4.05. The van der Waals surface area contributed by atoms with Crippen LogP contribution in [-0.2, 0) is 19.8 Å². The molecule has 0 N–H and O–H groups in total. The van der Waals surface area contributed by atoms with Crippen LogP contribution in [0.25, 0.3) is 6.08 Å². The van der Waals surface area contributed by atoms with Gasteiger partial charge in [-0.05, 0) is 55.0 Å². The molecule has 0 fully saturated rings. The lowest BCUT2D eigenvalue weighted by Crippen LogP contribution is -2.10. The zero-order chi connectivity index (χ0) is 18.9. The van der Waals surface area contributed by atoms with Crippen molar-refractivity contribution in [2.45, 2.75) is 11.8 Å². The van der Waals surface area contributed by atoms with Crippen molar-refractivity contribution in [1.29, 1.82) is 0 Å². The third-order valence-corrected chi connectivity index (χ3v) is 5.24. The predicted molar refractivity (Wildman–Crippen MR) is 97.9 cm³/mol. The summed E-state index contributed by atoms with van der Waals surface area (Å²) in [4.78, 5) is 16.1. The fourth-order valence-corrected chi connectivity index (χ4v) is 3.47. The van der Waals surface area contributed by atoms with Crippen LogP contribution in [0.1, 0.15) is 12.5 Å². The first-order valence-electron chi connectivity index (χ1n) is 7.24. The van der Waals surface area contributed by atoms with E-state index >= 15 is 0 Å². The summed E-state index contributed by atoms with van der Waals surface area (Å²) in [6.45, 7) is 1.63. The molecule has 0 unspecified atom stereocenters. The maximum atomic E-state index is 12.3. The third-order valence-electron chi connectivity index (χ3n) is 3.44. The van der Waals surface area contributed by atoms with E-state index in [2.05, 4.69) is 9.99 Å². The zero-order valence-corrected chi connectivity index (χ0v) is 15.6.